The van der Waals surface area contributed by atoms with Gasteiger partial charge in [0.15, 0.2) is 0 Å². The first-order chi connectivity index (χ1) is 14.0. The van der Waals surface area contributed by atoms with Gasteiger partial charge in [-0.15, -0.1) is 0 Å². The number of carbonyl (C=O) groups is 1. The van der Waals surface area contributed by atoms with Crippen LogP contribution in [0.4, 0.5) is 9.52 Å². The number of aryl methyl sites for hydroxylation is 1. The van der Waals surface area contributed by atoms with E-state index in [4.69, 9.17) is 0 Å². The molecule has 0 aliphatic rings. The second-order valence-corrected chi connectivity index (χ2v) is 8.31. The van der Waals surface area contributed by atoms with Gasteiger partial charge in [0.25, 0.3) is 5.91 Å². The number of carbonyl (C=O) groups excluding carboxylic acids is 1. The molecule has 4 rings (SSSR count). The van der Waals surface area contributed by atoms with Gasteiger partial charge in [-0.25, -0.2) is 9.37 Å². The van der Waals surface area contributed by atoms with Gasteiger partial charge in [0.2, 0.25) is 5.13 Å². The van der Waals surface area contributed by atoms with Crippen LogP contribution in [0, 0.1) is 12.7 Å². The molecule has 0 saturated heterocycles. The fourth-order valence-electron chi connectivity index (χ4n) is 2.66. The summed E-state index contributed by atoms with van der Waals surface area (Å²) in [6, 6.07) is 18.9. The molecule has 0 radical (unpaired) electrons. The van der Waals surface area contributed by atoms with Gasteiger partial charge in [-0.1, -0.05) is 57.1 Å². The summed E-state index contributed by atoms with van der Waals surface area (Å²) in [4.78, 5) is 17.8. The number of nitrogens with zero attached hydrogens (tertiary/aromatic N) is 3. The summed E-state index contributed by atoms with van der Waals surface area (Å²) < 4.78 is 15.0. The minimum Gasteiger partial charge on any atom is -0.267 e. The van der Waals surface area contributed by atoms with E-state index >= 15 is 0 Å². The van der Waals surface area contributed by atoms with Crippen LogP contribution in [0.3, 0.4) is 0 Å². The second kappa shape index (κ2) is 8.23. The highest BCUT2D eigenvalue weighted by Gasteiger charge is 2.21. The van der Waals surface area contributed by atoms with Gasteiger partial charge in [-0.05, 0) is 55.0 Å². The molecule has 0 N–H and O–H groups in total. The van der Waals surface area contributed by atoms with Crippen LogP contribution in [0.15, 0.2) is 76.3 Å². The number of thiazole rings is 1. The van der Waals surface area contributed by atoms with Crippen molar-refractivity contribution in [2.24, 2.45) is 5.10 Å². The Hall–Kier alpha value is -2.90. The Morgan fingerprint density at radius 1 is 1.10 bits per heavy atom. The molecule has 1 amide bonds. The first-order valence-corrected chi connectivity index (χ1v) is 10.4. The Kier molecular flexibility index (Phi) is 5.51. The van der Waals surface area contributed by atoms with E-state index in [0.717, 1.165) is 20.3 Å². The summed E-state index contributed by atoms with van der Waals surface area (Å²) in [5.41, 5.74) is 3.03. The predicted molar refractivity (Wildman–Crippen MR) is 119 cm³/mol. The molecule has 1 heterocycles. The molecule has 144 valence electrons. The lowest BCUT2D eigenvalue weighted by molar-refractivity contribution is 0.0988. The van der Waals surface area contributed by atoms with Crippen molar-refractivity contribution in [3.8, 4) is 0 Å². The molecule has 0 aliphatic heterocycles. The number of anilines is 1. The smallest absolute Gasteiger partial charge is 0.267 e. The van der Waals surface area contributed by atoms with Gasteiger partial charge >= 0.3 is 0 Å². The monoisotopic (exact) mass is 467 g/mol. The summed E-state index contributed by atoms with van der Waals surface area (Å²) >= 11 is 4.83. The average Bonchev–Trinajstić information content (AvgIpc) is 3.12. The lowest BCUT2D eigenvalue weighted by Gasteiger charge is -2.14. The number of hydrazone groups is 1. The molecule has 0 fully saturated rings. The van der Waals surface area contributed by atoms with Gasteiger partial charge in [0, 0.05) is 10.0 Å². The Labute approximate surface area is 179 Å². The average molecular weight is 468 g/mol. The topological polar surface area (TPSA) is 45.6 Å². The summed E-state index contributed by atoms with van der Waals surface area (Å²) in [6.45, 7) is 1.96. The number of benzene rings is 3. The molecule has 0 bridgehead atoms. The third-order valence-corrected chi connectivity index (χ3v) is 5.69. The van der Waals surface area contributed by atoms with E-state index in [1.165, 1.54) is 34.7 Å². The Morgan fingerprint density at radius 3 is 2.55 bits per heavy atom. The molecule has 4 nitrogen and oxygen atoms in total. The van der Waals surface area contributed by atoms with Crippen molar-refractivity contribution >= 4 is 54.7 Å². The number of aromatic nitrogens is 1. The minimum atomic E-state index is -0.327. The highest BCUT2D eigenvalue weighted by Crippen LogP contribution is 2.32. The number of fused-ring (bicyclic) bond motifs is 1. The van der Waals surface area contributed by atoms with Gasteiger partial charge in [0.05, 0.1) is 16.4 Å². The van der Waals surface area contributed by atoms with Gasteiger partial charge < -0.3 is 0 Å². The van der Waals surface area contributed by atoms with Crippen LogP contribution in [0.1, 0.15) is 21.5 Å². The standard InChI is InChI=1S/C22H15BrFN3OS/c1-14-2-6-16(7-3-14)21(28)27(25-13-15-4-9-18(24)10-5-15)22-26-19-11-8-17(23)12-20(19)29-22/h2-13H,1H3/b25-13+. The fourth-order valence-corrected chi connectivity index (χ4v) is 4.13. The van der Waals surface area contributed by atoms with E-state index in [1.54, 1.807) is 24.3 Å². The Morgan fingerprint density at radius 2 is 1.83 bits per heavy atom. The molecule has 0 aliphatic carbocycles. The molecular formula is C22H15BrFN3OS. The van der Waals surface area contributed by atoms with Crippen molar-refractivity contribution < 1.29 is 9.18 Å². The maximum atomic E-state index is 13.2. The number of hydrogen-bond donors (Lipinski definition) is 0. The van der Waals surface area contributed by atoms with Crippen LogP contribution < -0.4 is 5.01 Å². The molecule has 0 spiro atoms. The first kappa shape index (κ1) is 19.4. The Bertz CT molecular complexity index is 1200. The summed E-state index contributed by atoms with van der Waals surface area (Å²) in [6.07, 6.45) is 1.52. The van der Waals surface area contributed by atoms with E-state index in [-0.39, 0.29) is 11.7 Å². The number of hydrogen-bond acceptors (Lipinski definition) is 4. The maximum Gasteiger partial charge on any atom is 0.280 e. The van der Waals surface area contributed by atoms with Crippen molar-refractivity contribution in [3.63, 3.8) is 0 Å². The maximum absolute atomic E-state index is 13.2. The first-order valence-electron chi connectivity index (χ1n) is 8.76. The van der Waals surface area contributed by atoms with E-state index < -0.39 is 0 Å². The van der Waals surface area contributed by atoms with Crippen LogP contribution in [-0.4, -0.2) is 17.1 Å². The largest absolute Gasteiger partial charge is 0.280 e. The summed E-state index contributed by atoms with van der Waals surface area (Å²) in [7, 11) is 0. The van der Waals surface area contributed by atoms with Crippen molar-refractivity contribution in [1.29, 1.82) is 0 Å². The van der Waals surface area contributed by atoms with Crippen LogP contribution in [0.2, 0.25) is 0 Å². The third kappa shape index (κ3) is 4.41. The second-order valence-electron chi connectivity index (χ2n) is 6.39. The lowest BCUT2D eigenvalue weighted by Crippen LogP contribution is -2.25. The zero-order chi connectivity index (χ0) is 20.4. The molecule has 7 heteroatoms. The van der Waals surface area contributed by atoms with E-state index in [2.05, 4.69) is 26.0 Å². The van der Waals surface area contributed by atoms with Crippen molar-refractivity contribution in [1.82, 2.24) is 4.98 Å². The lowest BCUT2D eigenvalue weighted by atomic mass is 10.1. The van der Waals surface area contributed by atoms with Crippen molar-refractivity contribution in [2.45, 2.75) is 6.92 Å². The molecule has 0 atom stereocenters. The molecule has 4 aromatic rings. The zero-order valence-corrected chi connectivity index (χ0v) is 17.7. The molecule has 3 aromatic carbocycles. The fraction of sp³-hybridized carbons (Fsp3) is 0.0455. The number of halogens is 2. The number of amides is 1. The SMILES string of the molecule is Cc1ccc(C(=O)N(/N=C/c2ccc(F)cc2)c2nc3ccc(Br)cc3s2)cc1. The predicted octanol–water partition coefficient (Wildman–Crippen LogP) is 6.19. The molecule has 0 unspecified atom stereocenters. The minimum absolute atomic E-state index is 0.290. The summed E-state index contributed by atoms with van der Waals surface area (Å²) in [5, 5.41) is 6.13. The van der Waals surface area contributed by atoms with Crippen molar-refractivity contribution in [3.05, 3.63) is 93.7 Å². The summed E-state index contributed by atoms with van der Waals surface area (Å²) in [5.74, 6) is -0.618. The molecular weight excluding hydrogens is 453 g/mol. The highest BCUT2D eigenvalue weighted by molar-refractivity contribution is 9.10. The quantitative estimate of drug-likeness (QED) is 0.265. The van der Waals surface area contributed by atoms with E-state index in [1.807, 2.05) is 37.3 Å². The van der Waals surface area contributed by atoms with Crippen LogP contribution >= 0.6 is 27.3 Å². The van der Waals surface area contributed by atoms with Crippen LogP contribution in [-0.2, 0) is 0 Å². The van der Waals surface area contributed by atoms with Gasteiger partial charge in [0.1, 0.15) is 5.82 Å². The van der Waals surface area contributed by atoms with Crippen LogP contribution in [0.5, 0.6) is 0 Å². The molecule has 1 aromatic heterocycles. The zero-order valence-electron chi connectivity index (χ0n) is 15.3. The van der Waals surface area contributed by atoms with Crippen molar-refractivity contribution in [2.75, 3.05) is 5.01 Å². The Balaban J connectivity index is 1.75. The van der Waals surface area contributed by atoms with E-state index in [9.17, 15) is 9.18 Å². The number of rotatable bonds is 4. The van der Waals surface area contributed by atoms with Crippen LogP contribution in [0.25, 0.3) is 10.2 Å². The highest BCUT2D eigenvalue weighted by atomic mass is 79.9. The van der Waals surface area contributed by atoms with Gasteiger partial charge in [-0.2, -0.15) is 10.1 Å². The molecule has 29 heavy (non-hydrogen) atoms. The molecule has 0 saturated carbocycles. The third-order valence-electron chi connectivity index (χ3n) is 4.20. The van der Waals surface area contributed by atoms with E-state index in [0.29, 0.717) is 16.3 Å². The normalized spacial score (nSPS) is 11.3. The van der Waals surface area contributed by atoms with Gasteiger partial charge in [-0.3, -0.25) is 4.79 Å².